The third-order valence-electron chi connectivity index (χ3n) is 4.80. The highest BCUT2D eigenvalue weighted by Gasteiger charge is 2.20. The van der Waals surface area contributed by atoms with Gasteiger partial charge in [-0.1, -0.05) is 79.2 Å². The van der Waals surface area contributed by atoms with Gasteiger partial charge in [-0.05, 0) is 43.4 Å². The van der Waals surface area contributed by atoms with Crippen molar-refractivity contribution in [3.63, 3.8) is 0 Å². The number of benzene rings is 2. The number of piperidine rings is 1. The topological polar surface area (TPSA) is 3.24 Å². The highest BCUT2D eigenvalue weighted by atomic mass is 15.2. The first-order valence-electron chi connectivity index (χ1n) is 8.91. The molecule has 1 atom stereocenters. The van der Waals surface area contributed by atoms with Gasteiger partial charge in [0.25, 0.3) is 0 Å². The highest BCUT2D eigenvalue weighted by molar-refractivity contribution is 5.48. The SMILES string of the molecule is C(=C\c1ccccc1)/CC1CCCCN1CCc1ccccc1. The summed E-state index contributed by atoms with van der Waals surface area (Å²) in [5.41, 5.74) is 2.76. The lowest BCUT2D eigenvalue weighted by atomic mass is 9.98. The predicted octanol–water partition coefficient (Wildman–Crippen LogP) is 5.19. The van der Waals surface area contributed by atoms with E-state index in [-0.39, 0.29) is 0 Å². The van der Waals surface area contributed by atoms with Crippen molar-refractivity contribution in [1.29, 1.82) is 0 Å². The fourth-order valence-corrected chi connectivity index (χ4v) is 3.46. The quantitative estimate of drug-likeness (QED) is 0.710. The Hall–Kier alpha value is -1.86. The van der Waals surface area contributed by atoms with Crippen molar-refractivity contribution in [3.8, 4) is 0 Å². The van der Waals surface area contributed by atoms with E-state index >= 15 is 0 Å². The zero-order chi connectivity index (χ0) is 15.7. The van der Waals surface area contributed by atoms with Crippen molar-refractivity contribution in [2.24, 2.45) is 0 Å². The number of likely N-dealkylation sites (tertiary alicyclic amines) is 1. The van der Waals surface area contributed by atoms with E-state index in [0.29, 0.717) is 6.04 Å². The molecular weight excluding hydrogens is 278 g/mol. The summed E-state index contributed by atoms with van der Waals surface area (Å²) in [7, 11) is 0. The molecule has 1 unspecified atom stereocenters. The van der Waals surface area contributed by atoms with Gasteiger partial charge >= 0.3 is 0 Å². The lowest BCUT2D eigenvalue weighted by Crippen LogP contribution is -2.40. The molecule has 3 rings (SSSR count). The lowest BCUT2D eigenvalue weighted by Gasteiger charge is -2.35. The molecular formula is C22H27N. The molecule has 0 amide bonds. The summed E-state index contributed by atoms with van der Waals surface area (Å²) in [6, 6.07) is 22.2. The fourth-order valence-electron chi connectivity index (χ4n) is 3.46. The van der Waals surface area contributed by atoms with E-state index in [1.54, 1.807) is 0 Å². The lowest BCUT2D eigenvalue weighted by molar-refractivity contribution is 0.151. The second-order valence-electron chi connectivity index (χ2n) is 6.47. The summed E-state index contributed by atoms with van der Waals surface area (Å²) >= 11 is 0. The van der Waals surface area contributed by atoms with Crippen molar-refractivity contribution >= 4 is 6.08 Å². The Bertz CT molecular complexity index is 588. The van der Waals surface area contributed by atoms with Crippen LogP contribution in [-0.2, 0) is 6.42 Å². The monoisotopic (exact) mass is 305 g/mol. The van der Waals surface area contributed by atoms with Crippen molar-refractivity contribution in [2.75, 3.05) is 13.1 Å². The van der Waals surface area contributed by atoms with Gasteiger partial charge in [-0.15, -0.1) is 0 Å². The zero-order valence-electron chi connectivity index (χ0n) is 13.9. The molecule has 0 bridgehead atoms. The van der Waals surface area contributed by atoms with Crippen LogP contribution in [0.5, 0.6) is 0 Å². The normalized spacial score (nSPS) is 19.2. The maximum atomic E-state index is 2.70. The molecule has 1 aliphatic rings. The molecule has 1 heterocycles. The Labute approximate surface area is 140 Å². The van der Waals surface area contributed by atoms with Crippen LogP contribution in [0, 0.1) is 0 Å². The van der Waals surface area contributed by atoms with Gasteiger partial charge in [-0.25, -0.2) is 0 Å². The molecule has 0 spiro atoms. The van der Waals surface area contributed by atoms with Crippen LogP contribution in [0.25, 0.3) is 6.08 Å². The summed E-state index contributed by atoms with van der Waals surface area (Å²) in [4.78, 5) is 2.70. The Morgan fingerprint density at radius 2 is 1.65 bits per heavy atom. The number of hydrogen-bond acceptors (Lipinski definition) is 1. The molecule has 120 valence electrons. The maximum absolute atomic E-state index is 2.70. The molecule has 23 heavy (non-hydrogen) atoms. The molecule has 0 aromatic heterocycles. The van der Waals surface area contributed by atoms with E-state index in [2.05, 4.69) is 77.7 Å². The molecule has 0 N–H and O–H groups in total. The van der Waals surface area contributed by atoms with Crippen LogP contribution >= 0.6 is 0 Å². The van der Waals surface area contributed by atoms with Gasteiger partial charge in [0.2, 0.25) is 0 Å². The molecule has 1 heteroatoms. The Morgan fingerprint density at radius 3 is 2.43 bits per heavy atom. The zero-order valence-corrected chi connectivity index (χ0v) is 13.9. The van der Waals surface area contributed by atoms with E-state index < -0.39 is 0 Å². The molecule has 0 radical (unpaired) electrons. The first kappa shape index (κ1) is 16.0. The van der Waals surface area contributed by atoms with Crippen LogP contribution in [0.3, 0.4) is 0 Å². The molecule has 0 aliphatic carbocycles. The second-order valence-corrected chi connectivity index (χ2v) is 6.47. The Balaban J connectivity index is 1.53. The minimum atomic E-state index is 0.715. The van der Waals surface area contributed by atoms with Gasteiger partial charge in [-0.3, -0.25) is 4.90 Å². The van der Waals surface area contributed by atoms with Crippen molar-refractivity contribution in [1.82, 2.24) is 4.90 Å². The van der Waals surface area contributed by atoms with Gasteiger partial charge in [-0.2, -0.15) is 0 Å². The number of rotatable bonds is 6. The Morgan fingerprint density at radius 1 is 0.913 bits per heavy atom. The molecule has 1 nitrogen and oxygen atoms in total. The van der Waals surface area contributed by atoms with E-state index in [0.717, 1.165) is 0 Å². The Kier molecular flexibility index (Phi) is 6.05. The van der Waals surface area contributed by atoms with Gasteiger partial charge in [0, 0.05) is 12.6 Å². The molecule has 2 aromatic rings. The van der Waals surface area contributed by atoms with Crippen LogP contribution in [0.15, 0.2) is 66.7 Å². The summed E-state index contributed by atoms with van der Waals surface area (Å²) in [5, 5.41) is 0. The fraction of sp³-hybridized carbons (Fsp3) is 0.364. The van der Waals surface area contributed by atoms with Gasteiger partial charge < -0.3 is 0 Å². The summed E-state index contributed by atoms with van der Waals surface area (Å²) < 4.78 is 0. The molecule has 1 aliphatic heterocycles. The minimum absolute atomic E-state index is 0.715. The third-order valence-corrected chi connectivity index (χ3v) is 4.80. The molecule has 0 saturated carbocycles. The van der Waals surface area contributed by atoms with E-state index in [4.69, 9.17) is 0 Å². The third kappa shape index (κ3) is 5.07. The van der Waals surface area contributed by atoms with Crippen LogP contribution in [-0.4, -0.2) is 24.0 Å². The molecule has 2 aromatic carbocycles. The van der Waals surface area contributed by atoms with E-state index in [1.165, 1.54) is 56.3 Å². The smallest absolute Gasteiger partial charge is 0.0130 e. The van der Waals surface area contributed by atoms with Crippen molar-refractivity contribution in [3.05, 3.63) is 77.9 Å². The standard InChI is InChI=1S/C22H27N/c1-3-10-20(11-4-1)14-9-16-22-15-7-8-18-23(22)19-17-21-12-5-2-6-13-21/h1-6,9-14,22H,7-8,15-19H2/b14-9+. The van der Waals surface area contributed by atoms with E-state index in [1.807, 2.05) is 0 Å². The van der Waals surface area contributed by atoms with Crippen LogP contribution in [0.4, 0.5) is 0 Å². The second kappa shape index (κ2) is 8.69. The van der Waals surface area contributed by atoms with Gasteiger partial charge in [0.1, 0.15) is 0 Å². The van der Waals surface area contributed by atoms with Crippen LogP contribution in [0.2, 0.25) is 0 Å². The van der Waals surface area contributed by atoms with Gasteiger partial charge in [0.15, 0.2) is 0 Å². The predicted molar refractivity (Wildman–Crippen MR) is 99.5 cm³/mol. The van der Waals surface area contributed by atoms with Crippen LogP contribution < -0.4 is 0 Å². The highest BCUT2D eigenvalue weighted by Crippen LogP contribution is 2.21. The first-order chi connectivity index (χ1) is 11.4. The van der Waals surface area contributed by atoms with Crippen LogP contribution in [0.1, 0.15) is 36.8 Å². The van der Waals surface area contributed by atoms with Crippen molar-refractivity contribution in [2.45, 2.75) is 38.1 Å². The van der Waals surface area contributed by atoms with Gasteiger partial charge in [0.05, 0.1) is 0 Å². The average Bonchev–Trinajstić information content (AvgIpc) is 2.63. The van der Waals surface area contributed by atoms with E-state index in [9.17, 15) is 0 Å². The largest absolute Gasteiger partial charge is 0.300 e. The number of hydrogen-bond donors (Lipinski definition) is 0. The maximum Gasteiger partial charge on any atom is 0.0130 e. The first-order valence-corrected chi connectivity index (χ1v) is 8.91. The summed E-state index contributed by atoms with van der Waals surface area (Å²) in [5.74, 6) is 0. The van der Waals surface area contributed by atoms with Crippen molar-refractivity contribution < 1.29 is 0 Å². The average molecular weight is 305 g/mol. The summed E-state index contributed by atoms with van der Waals surface area (Å²) in [6.45, 7) is 2.45. The summed E-state index contributed by atoms with van der Waals surface area (Å²) in [6.07, 6.45) is 11.0. The minimum Gasteiger partial charge on any atom is -0.300 e. The number of nitrogens with zero attached hydrogens (tertiary/aromatic N) is 1. The molecule has 1 saturated heterocycles. The molecule has 1 fully saturated rings.